The van der Waals surface area contributed by atoms with E-state index in [1.54, 1.807) is 12.3 Å². The van der Waals surface area contributed by atoms with Crippen molar-refractivity contribution in [2.75, 3.05) is 25.5 Å². The number of rotatable bonds is 5. The summed E-state index contributed by atoms with van der Waals surface area (Å²) in [5.74, 6) is -0.972. The number of aryl methyl sites for hydroxylation is 1. The molecule has 2 aromatic heterocycles. The van der Waals surface area contributed by atoms with E-state index in [-0.39, 0.29) is 6.04 Å². The monoisotopic (exact) mass is 423 g/mol. The van der Waals surface area contributed by atoms with E-state index in [4.69, 9.17) is 4.98 Å². The van der Waals surface area contributed by atoms with Gasteiger partial charge in [-0.2, -0.15) is 0 Å². The summed E-state index contributed by atoms with van der Waals surface area (Å²) in [6.45, 7) is 3.45. The summed E-state index contributed by atoms with van der Waals surface area (Å²) in [7, 11) is 3.85. The van der Waals surface area contributed by atoms with E-state index in [2.05, 4.69) is 14.9 Å². The molecule has 1 atom stereocenters. The van der Waals surface area contributed by atoms with Crippen LogP contribution in [0.1, 0.15) is 42.1 Å². The second-order valence-corrected chi connectivity index (χ2v) is 8.28. The van der Waals surface area contributed by atoms with Gasteiger partial charge in [0.25, 0.3) is 0 Å². The van der Waals surface area contributed by atoms with Gasteiger partial charge in [0.15, 0.2) is 11.6 Å². The third-order valence-corrected chi connectivity index (χ3v) is 5.81. The minimum absolute atomic E-state index is 0.0612. The summed E-state index contributed by atoms with van der Waals surface area (Å²) >= 11 is 0. The van der Waals surface area contributed by atoms with E-state index < -0.39 is 11.6 Å². The number of piperidine rings is 1. The highest BCUT2D eigenvalue weighted by Crippen LogP contribution is 2.37. The second kappa shape index (κ2) is 9.06. The van der Waals surface area contributed by atoms with E-state index >= 15 is 0 Å². The maximum atomic E-state index is 13.8. The summed E-state index contributed by atoms with van der Waals surface area (Å²) in [5.41, 5.74) is 4.85. The predicted molar refractivity (Wildman–Crippen MR) is 118 cm³/mol. The molecule has 5 nitrogen and oxygen atoms in total. The first-order valence-corrected chi connectivity index (χ1v) is 10.6. The molecule has 0 saturated carbocycles. The number of likely N-dealkylation sites (tertiary alicyclic amines) is 1. The molecule has 0 unspecified atom stereocenters. The quantitative estimate of drug-likeness (QED) is 0.583. The van der Waals surface area contributed by atoms with Gasteiger partial charge in [0.2, 0.25) is 5.95 Å². The highest BCUT2D eigenvalue weighted by Gasteiger charge is 2.29. The lowest BCUT2D eigenvalue weighted by atomic mass is 9.92. The van der Waals surface area contributed by atoms with Crippen molar-refractivity contribution in [3.05, 3.63) is 71.3 Å². The Morgan fingerprint density at radius 2 is 1.90 bits per heavy atom. The topological polar surface area (TPSA) is 45.2 Å². The first-order chi connectivity index (χ1) is 14.9. The molecule has 1 saturated heterocycles. The first-order valence-electron chi connectivity index (χ1n) is 10.6. The zero-order valence-electron chi connectivity index (χ0n) is 18.1. The average molecular weight is 424 g/mol. The molecule has 0 N–H and O–H groups in total. The van der Waals surface area contributed by atoms with Crippen molar-refractivity contribution >= 4 is 5.95 Å². The lowest BCUT2D eigenvalue weighted by Crippen LogP contribution is -2.34. The third kappa shape index (κ3) is 4.56. The standard InChI is InChI=1S/C24H27F2N5/c1-16-13-27-10-9-18(16)19-14-28-24(30(2)3)29-23(19)22-6-4-5-11-31(22)15-17-7-8-20(25)21(26)12-17/h7-10,12-14,22H,4-6,11,15H2,1-3H3/t22-/m1/s1. The molecule has 3 aromatic rings. The van der Waals surface area contributed by atoms with Crippen LogP contribution in [0.5, 0.6) is 0 Å². The number of nitrogens with zero attached hydrogens (tertiary/aromatic N) is 5. The molecule has 7 heteroatoms. The average Bonchev–Trinajstić information content (AvgIpc) is 2.77. The Balaban J connectivity index is 1.76. The van der Waals surface area contributed by atoms with Crippen LogP contribution in [0.25, 0.3) is 11.1 Å². The number of hydrogen-bond donors (Lipinski definition) is 0. The highest BCUT2D eigenvalue weighted by molar-refractivity contribution is 5.69. The fourth-order valence-corrected chi connectivity index (χ4v) is 4.20. The third-order valence-electron chi connectivity index (χ3n) is 5.81. The normalized spacial score (nSPS) is 17.0. The van der Waals surface area contributed by atoms with Crippen molar-refractivity contribution in [3.63, 3.8) is 0 Å². The molecule has 0 bridgehead atoms. The summed E-state index contributed by atoms with van der Waals surface area (Å²) in [6.07, 6.45) is 8.63. The smallest absolute Gasteiger partial charge is 0.225 e. The minimum atomic E-state index is -0.819. The number of benzene rings is 1. The van der Waals surface area contributed by atoms with Crippen LogP contribution < -0.4 is 4.90 Å². The molecule has 0 amide bonds. The SMILES string of the molecule is Cc1cnccc1-c1cnc(N(C)C)nc1[C@H]1CCCCN1Cc1ccc(F)c(F)c1. The van der Waals surface area contributed by atoms with E-state index in [0.717, 1.165) is 53.8 Å². The highest BCUT2D eigenvalue weighted by atomic mass is 19.2. The van der Waals surface area contributed by atoms with E-state index in [0.29, 0.717) is 12.5 Å². The van der Waals surface area contributed by atoms with Gasteiger partial charge in [0.1, 0.15) is 0 Å². The van der Waals surface area contributed by atoms with Gasteiger partial charge in [-0.05, 0) is 61.2 Å². The zero-order valence-corrected chi connectivity index (χ0v) is 18.1. The second-order valence-electron chi connectivity index (χ2n) is 8.28. The summed E-state index contributed by atoms with van der Waals surface area (Å²) in [4.78, 5) is 18.0. The minimum Gasteiger partial charge on any atom is -0.347 e. The van der Waals surface area contributed by atoms with Gasteiger partial charge in [0, 0.05) is 44.8 Å². The van der Waals surface area contributed by atoms with E-state index in [1.807, 2.05) is 44.4 Å². The molecule has 0 spiro atoms. The maximum absolute atomic E-state index is 13.8. The van der Waals surface area contributed by atoms with Crippen molar-refractivity contribution in [1.29, 1.82) is 0 Å². The van der Waals surface area contributed by atoms with Crippen LogP contribution in [0.2, 0.25) is 0 Å². The molecule has 162 valence electrons. The molecule has 1 aliphatic heterocycles. The molecule has 1 aliphatic rings. The van der Waals surface area contributed by atoms with Gasteiger partial charge >= 0.3 is 0 Å². The summed E-state index contributed by atoms with van der Waals surface area (Å²) in [5, 5.41) is 0. The predicted octanol–water partition coefficient (Wildman–Crippen LogP) is 4.92. The molecule has 0 aliphatic carbocycles. The maximum Gasteiger partial charge on any atom is 0.225 e. The number of hydrogen-bond acceptors (Lipinski definition) is 5. The Labute approximate surface area is 181 Å². The number of aromatic nitrogens is 3. The van der Waals surface area contributed by atoms with Crippen LogP contribution >= 0.6 is 0 Å². The molecule has 3 heterocycles. The number of halogens is 2. The largest absolute Gasteiger partial charge is 0.347 e. The molecule has 1 fully saturated rings. The van der Waals surface area contributed by atoms with Crippen LogP contribution in [0.15, 0.2) is 42.9 Å². The van der Waals surface area contributed by atoms with Crippen LogP contribution in [-0.2, 0) is 6.54 Å². The summed E-state index contributed by atoms with van der Waals surface area (Å²) < 4.78 is 27.2. The van der Waals surface area contributed by atoms with Gasteiger partial charge in [-0.15, -0.1) is 0 Å². The first kappa shape index (κ1) is 21.3. The van der Waals surface area contributed by atoms with Gasteiger partial charge in [-0.25, -0.2) is 18.7 Å². The van der Waals surface area contributed by atoms with Crippen LogP contribution in [0.3, 0.4) is 0 Å². The molecule has 1 aromatic carbocycles. The van der Waals surface area contributed by atoms with Crippen molar-refractivity contribution in [3.8, 4) is 11.1 Å². The molecule has 4 rings (SSSR count). The Hall–Kier alpha value is -2.93. The number of anilines is 1. The Morgan fingerprint density at radius 1 is 1.06 bits per heavy atom. The van der Waals surface area contributed by atoms with Crippen molar-refractivity contribution < 1.29 is 8.78 Å². The fraction of sp³-hybridized carbons (Fsp3) is 0.375. The Morgan fingerprint density at radius 3 is 2.65 bits per heavy atom. The van der Waals surface area contributed by atoms with Crippen LogP contribution in [-0.4, -0.2) is 40.5 Å². The van der Waals surface area contributed by atoms with Crippen molar-refractivity contribution in [2.24, 2.45) is 0 Å². The Bertz CT molecular complexity index is 1070. The fourth-order valence-electron chi connectivity index (χ4n) is 4.20. The van der Waals surface area contributed by atoms with Gasteiger partial charge in [-0.1, -0.05) is 12.5 Å². The van der Waals surface area contributed by atoms with Crippen LogP contribution in [0.4, 0.5) is 14.7 Å². The lowest BCUT2D eigenvalue weighted by molar-refractivity contribution is 0.137. The van der Waals surface area contributed by atoms with Crippen LogP contribution in [0, 0.1) is 18.6 Å². The lowest BCUT2D eigenvalue weighted by Gasteiger charge is -2.36. The molecular weight excluding hydrogens is 396 g/mol. The Kier molecular flexibility index (Phi) is 6.23. The molecule has 31 heavy (non-hydrogen) atoms. The van der Waals surface area contributed by atoms with Crippen molar-refractivity contribution in [1.82, 2.24) is 19.9 Å². The van der Waals surface area contributed by atoms with Crippen molar-refractivity contribution in [2.45, 2.75) is 38.8 Å². The number of pyridine rings is 1. The van der Waals surface area contributed by atoms with Gasteiger partial charge in [-0.3, -0.25) is 9.88 Å². The summed E-state index contributed by atoms with van der Waals surface area (Å²) in [6, 6.07) is 6.20. The van der Waals surface area contributed by atoms with Gasteiger partial charge in [0.05, 0.1) is 11.7 Å². The zero-order chi connectivity index (χ0) is 22.0. The van der Waals surface area contributed by atoms with E-state index in [9.17, 15) is 8.78 Å². The van der Waals surface area contributed by atoms with Gasteiger partial charge < -0.3 is 4.90 Å². The molecular formula is C24H27F2N5. The molecule has 0 radical (unpaired) electrons. The van der Waals surface area contributed by atoms with E-state index in [1.165, 1.54) is 12.1 Å².